The molecule has 0 bridgehead atoms. The second-order valence-electron chi connectivity index (χ2n) is 5.46. The van der Waals surface area contributed by atoms with E-state index >= 15 is 0 Å². The van der Waals surface area contributed by atoms with E-state index in [1.54, 1.807) is 11.6 Å². The molecule has 3 rings (SSSR count). The molecule has 0 atom stereocenters. The lowest BCUT2D eigenvalue weighted by atomic mass is 10.2. The number of amides is 1. The first-order valence-corrected chi connectivity index (χ1v) is 8.93. The molecule has 0 aliphatic carbocycles. The topological polar surface area (TPSA) is 102 Å². The van der Waals surface area contributed by atoms with Gasteiger partial charge in [0.05, 0.1) is 27.7 Å². The number of carbonyl (C=O) groups excluding carboxylic acids is 1. The zero-order chi connectivity index (χ0) is 17.5. The van der Waals surface area contributed by atoms with Crippen molar-refractivity contribution >= 4 is 27.3 Å². The van der Waals surface area contributed by atoms with Crippen molar-refractivity contribution in [3.63, 3.8) is 0 Å². The van der Waals surface area contributed by atoms with E-state index in [0.29, 0.717) is 29.4 Å². The van der Waals surface area contributed by atoms with Crippen LogP contribution in [0.2, 0.25) is 0 Å². The molecule has 0 saturated carbocycles. The molecule has 1 aromatic heterocycles. The van der Waals surface area contributed by atoms with Crippen LogP contribution < -0.4 is 14.8 Å². The molecule has 0 fully saturated rings. The first kappa shape index (κ1) is 16.3. The van der Waals surface area contributed by atoms with E-state index in [9.17, 15) is 13.2 Å². The summed E-state index contributed by atoms with van der Waals surface area (Å²) in [5.41, 5.74) is 2.15. The van der Waals surface area contributed by atoms with Crippen LogP contribution in [0.4, 0.5) is 11.4 Å². The fourth-order valence-electron chi connectivity index (χ4n) is 2.58. The Balaban J connectivity index is 1.96. The van der Waals surface area contributed by atoms with Crippen molar-refractivity contribution in [3.05, 3.63) is 29.6 Å². The van der Waals surface area contributed by atoms with Gasteiger partial charge in [-0.2, -0.15) is 5.10 Å². The lowest BCUT2D eigenvalue weighted by molar-refractivity contribution is -0.118. The Kier molecular flexibility index (Phi) is 3.96. The zero-order valence-corrected chi connectivity index (χ0v) is 14.4. The molecule has 0 unspecified atom stereocenters. The second-order valence-corrected chi connectivity index (χ2v) is 7.14. The average Bonchev–Trinajstić information content (AvgIpc) is 2.81. The maximum Gasteiger partial charge on any atom is 0.262 e. The van der Waals surface area contributed by atoms with Gasteiger partial charge in [0.25, 0.3) is 15.9 Å². The molecular formula is C15H18N4O4S. The minimum Gasteiger partial charge on any atom is -0.482 e. The van der Waals surface area contributed by atoms with Crippen LogP contribution >= 0.6 is 0 Å². The van der Waals surface area contributed by atoms with Crippen molar-refractivity contribution in [1.82, 2.24) is 9.78 Å². The highest BCUT2D eigenvalue weighted by atomic mass is 32.2. The number of nitrogens with zero attached hydrogens (tertiary/aromatic N) is 2. The molecule has 2 heterocycles. The number of ether oxygens (including phenoxy) is 1. The number of nitrogens with one attached hydrogen (secondary N) is 2. The minimum absolute atomic E-state index is 0.0371. The van der Waals surface area contributed by atoms with Gasteiger partial charge in [0, 0.05) is 6.54 Å². The number of rotatable bonds is 4. The predicted octanol–water partition coefficient (Wildman–Crippen LogP) is 1.65. The van der Waals surface area contributed by atoms with Crippen molar-refractivity contribution in [2.45, 2.75) is 32.2 Å². The third-order valence-electron chi connectivity index (χ3n) is 3.81. The molecule has 1 aromatic carbocycles. The van der Waals surface area contributed by atoms with Gasteiger partial charge in [0.1, 0.15) is 5.75 Å². The van der Waals surface area contributed by atoms with Crippen molar-refractivity contribution in [1.29, 1.82) is 0 Å². The number of sulfonamides is 1. The van der Waals surface area contributed by atoms with Crippen molar-refractivity contribution in [2.75, 3.05) is 16.6 Å². The lowest BCUT2D eigenvalue weighted by Gasteiger charge is -2.18. The van der Waals surface area contributed by atoms with E-state index in [4.69, 9.17) is 4.74 Å². The molecule has 0 radical (unpaired) electrons. The highest BCUT2D eigenvalue weighted by Crippen LogP contribution is 2.31. The number of carbonyl (C=O) groups is 1. The summed E-state index contributed by atoms with van der Waals surface area (Å²) < 4.78 is 34.9. The standard InChI is InChI=1S/C15H18N4O4S/c1-4-19-10(3)15(9(2)17-19)18-24(21,22)11-5-6-13-12(7-11)16-14(20)8-23-13/h5-7,18H,4,8H2,1-3H3,(H,16,20). The fraction of sp³-hybridized carbons (Fsp3) is 0.333. The van der Waals surface area contributed by atoms with Crippen LogP contribution in [0.15, 0.2) is 23.1 Å². The van der Waals surface area contributed by atoms with Gasteiger partial charge in [0.15, 0.2) is 6.61 Å². The summed E-state index contributed by atoms with van der Waals surface area (Å²) >= 11 is 0. The van der Waals surface area contributed by atoms with Crippen molar-refractivity contribution < 1.29 is 17.9 Å². The highest BCUT2D eigenvalue weighted by molar-refractivity contribution is 7.92. The molecule has 0 saturated heterocycles. The molecule has 2 N–H and O–H groups in total. The maximum atomic E-state index is 12.7. The summed E-state index contributed by atoms with van der Waals surface area (Å²) in [4.78, 5) is 11.4. The van der Waals surface area contributed by atoms with E-state index in [1.165, 1.54) is 18.2 Å². The number of hydrogen-bond acceptors (Lipinski definition) is 5. The third-order valence-corrected chi connectivity index (χ3v) is 5.16. The Morgan fingerprint density at radius 2 is 2.12 bits per heavy atom. The van der Waals surface area contributed by atoms with E-state index in [-0.39, 0.29) is 17.4 Å². The lowest BCUT2D eigenvalue weighted by Crippen LogP contribution is -2.25. The zero-order valence-electron chi connectivity index (χ0n) is 13.6. The Bertz CT molecular complexity index is 918. The number of anilines is 2. The molecule has 0 spiro atoms. The molecule has 2 aromatic rings. The molecule has 9 heteroatoms. The van der Waals surface area contributed by atoms with E-state index < -0.39 is 10.0 Å². The molecule has 128 valence electrons. The van der Waals surface area contributed by atoms with Gasteiger partial charge >= 0.3 is 0 Å². The number of fused-ring (bicyclic) bond motifs is 1. The van der Waals surface area contributed by atoms with Crippen LogP contribution in [-0.4, -0.2) is 30.7 Å². The molecule has 24 heavy (non-hydrogen) atoms. The fourth-order valence-corrected chi connectivity index (χ4v) is 3.78. The van der Waals surface area contributed by atoms with E-state index in [1.807, 2.05) is 13.8 Å². The smallest absolute Gasteiger partial charge is 0.262 e. The van der Waals surface area contributed by atoms with Crippen LogP contribution in [0.25, 0.3) is 0 Å². The summed E-state index contributed by atoms with van der Waals surface area (Å²) in [7, 11) is -3.81. The normalized spacial score (nSPS) is 13.9. The van der Waals surface area contributed by atoms with E-state index in [2.05, 4.69) is 15.1 Å². The quantitative estimate of drug-likeness (QED) is 0.873. The SMILES string of the molecule is CCn1nc(C)c(NS(=O)(=O)c2ccc3c(c2)NC(=O)CO3)c1C. The molecule has 1 aliphatic rings. The minimum atomic E-state index is -3.81. The first-order valence-electron chi connectivity index (χ1n) is 7.45. The Morgan fingerprint density at radius 3 is 2.79 bits per heavy atom. The summed E-state index contributed by atoms with van der Waals surface area (Å²) in [6.07, 6.45) is 0. The van der Waals surface area contributed by atoms with Crippen molar-refractivity contribution in [3.8, 4) is 5.75 Å². The molecule has 1 aliphatic heterocycles. The Labute approximate surface area is 139 Å². The predicted molar refractivity (Wildman–Crippen MR) is 88.8 cm³/mol. The summed E-state index contributed by atoms with van der Waals surface area (Å²) in [6, 6.07) is 4.34. The van der Waals surface area contributed by atoms with E-state index in [0.717, 1.165) is 5.69 Å². The van der Waals surface area contributed by atoms with Crippen LogP contribution in [0.3, 0.4) is 0 Å². The summed E-state index contributed by atoms with van der Waals surface area (Å²) in [5, 5.41) is 6.90. The Hall–Kier alpha value is -2.55. The van der Waals surface area contributed by atoms with Crippen LogP contribution in [0.5, 0.6) is 5.75 Å². The number of aromatic nitrogens is 2. The van der Waals surface area contributed by atoms with Gasteiger partial charge in [-0.3, -0.25) is 14.2 Å². The van der Waals surface area contributed by atoms with Gasteiger partial charge in [-0.1, -0.05) is 0 Å². The van der Waals surface area contributed by atoms with Crippen LogP contribution in [0, 0.1) is 13.8 Å². The molecular weight excluding hydrogens is 332 g/mol. The van der Waals surface area contributed by atoms with Gasteiger partial charge in [-0.25, -0.2) is 8.42 Å². The molecule has 8 nitrogen and oxygen atoms in total. The van der Waals surface area contributed by atoms with Gasteiger partial charge < -0.3 is 10.1 Å². The van der Waals surface area contributed by atoms with Crippen LogP contribution in [0.1, 0.15) is 18.3 Å². The van der Waals surface area contributed by atoms with Crippen LogP contribution in [-0.2, 0) is 21.4 Å². The van der Waals surface area contributed by atoms with Crippen molar-refractivity contribution in [2.24, 2.45) is 0 Å². The molecule has 1 amide bonds. The number of hydrogen-bond donors (Lipinski definition) is 2. The average molecular weight is 350 g/mol. The highest BCUT2D eigenvalue weighted by Gasteiger charge is 2.23. The van der Waals surface area contributed by atoms with Gasteiger partial charge in [-0.15, -0.1) is 0 Å². The first-order chi connectivity index (χ1) is 11.3. The van der Waals surface area contributed by atoms with Gasteiger partial charge in [-0.05, 0) is 39.0 Å². The third kappa shape index (κ3) is 2.82. The maximum absolute atomic E-state index is 12.7. The number of aryl methyl sites for hydroxylation is 2. The second kappa shape index (κ2) is 5.82. The summed E-state index contributed by atoms with van der Waals surface area (Å²) in [6.45, 7) is 6.06. The number of benzene rings is 1. The Morgan fingerprint density at radius 1 is 1.38 bits per heavy atom. The largest absolute Gasteiger partial charge is 0.482 e. The van der Waals surface area contributed by atoms with Gasteiger partial charge in [0.2, 0.25) is 0 Å². The summed E-state index contributed by atoms with van der Waals surface area (Å²) in [5.74, 6) is 0.126. The monoisotopic (exact) mass is 350 g/mol.